The summed E-state index contributed by atoms with van der Waals surface area (Å²) < 4.78 is 1.40. The average molecular weight is 370 g/mol. The Morgan fingerprint density at radius 1 is 1.30 bits per heavy atom. The third kappa shape index (κ3) is 4.30. The first-order chi connectivity index (χ1) is 12.9. The molecule has 1 heterocycles. The number of rotatable bonds is 6. The molecule has 1 aromatic carbocycles. The fourth-order valence-electron chi connectivity index (χ4n) is 2.77. The second-order valence-electron chi connectivity index (χ2n) is 7.25. The van der Waals surface area contributed by atoms with Crippen LogP contribution >= 0.6 is 0 Å². The minimum atomic E-state index is -0.256. The fraction of sp³-hybridized carbons (Fsp3) is 0.450. The van der Waals surface area contributed by atoms with Crippen molar-refractivity contribution >= 4 is 17.6 Å². The van der Waals surface area contributed by atoms with Crippen molar-refractivity contribution in [1.82, 2.24) is 15.1 Å². The summed E-state index contributed by atoms with van der Waals surface area (Å²) in [6, 6.07) is 6.45. The van der Waals surface area contributed by atoms with E-state index in [2.05, 4.69) is 15.7 Å². The van der Waals surface area contributed by atoms with Gasteiger partial charge in [-0.1, -0.05) is 20.8 Å². The van der Waals surface area contributed by atoms with Crippen molar-refractivity contribution in [3.8, 4) is 17.0 Å². The number of nitrogens with zero attached hydrogens (tertiary/aromatic N) is 2. The maximum absolute atomic E-state index is 12.4. The van der Waals surface area contributed by atoms with Crippen LogP contribution in [0.4, 0.5) is 10.5 Å². The normalized spacial score (nSPS) is 13.6. The van der Waals surface area contributed by atoms with E-state index in [1.54, 1.807) is 12.1 Å². The lowest BCUT2D eigenvalue weighted by Gasteiger charge is -2.10. The molecule has 0 saturated heterocycles. The van der Waals surface area contributed by atoms with Crippen molar-refractivity contribution in [2.24, 2.45) is 5.92 Å². The van der Waals surface area contributed by atoms with Crippen molar-refractivity contribution < 1.29 is 14.7 Å². The van der Waals surface area contributed by atoms with Gasteiger partial charge in [-0.25, -0.2) is 4.79 Å². The number of benzene rings is 1. The standard InChI is InChI=1S/C20H26N4O3/c1-4-9-21-20(27)24-17(13-5-6-13)11-16(23-24)15-10-14(7-8-18(15)25)22-19(26)12(2)3/h7-8,10-13,25H,4-6,9H2,1-3H3,(H,21,27)(H,22,26). The molecule has 3 rings (SSSR count). The number of aromatic nitrogens is 2. The number of carbonyl (C=O) groups is 2. The smallest absolute Gasteiger partial charge is 0.342 e. The maximum Gasteiger partial charge on any atom is 0.342 e. The third-order valence-corrected chi connectivity index (χ3v) is 4.52. The molecule has 2 aromatic rings. The van der Waals surface area contributed by atoms with Crippen LogP contribution in [0.1, 0.15) is 51.6 Å². The first kappa shape index (κ1) is 18.9. The van der Waals surface area contributed by atoms with E-state index >= 15 is 0 Å². The van der Waals surface area contributed by atoms with Crippen molar-refractivity contribution in [1.29, 1.82) is 0 Å². The number of phenols is 1. The lowest BCUT2D eigenvalue weighted by atomic mass is 10.1. The highest BCUT2D eigenvalue weighted by atomic mass is 16.3. The topological polar surface area (TPSA) is 96.3 Å². The molecule has 1 aromatic heterocycles. The molecule has 1 fully saturated rings. The Labute approximate surface area is 158 Å². The van der Waals surface area contributed by atoms with Crippen LogP contribution in [0.2, 0.25) is 0 Å². The molecule has 0 spiro atoms. The zero-order chi connectivity index (χ0) is 19.6. The van der Waals surface area contributed by atoms with Gasteiger partial charge in [-0.05, 0) is 43.5 Å². The van der Waals surface area contributed by atoms with E-state index in [0.717, 1.165) is 25.0 Å². The minimum absolute atomic E-state index is 0.0542. The van der Waals surface area contributed by atoms with E-state index in [1.807, 2.05) is 26.8 Å². The van der Waals surface area contributed by atoms with Gasteiger partial charge in [0.25, 0.3) is 0 Å². The first-order valence-electron chi connectivity index (χ1n) is 9.43. The average Bonchev–Trinajstić information content (AvgIpc) is 3.39. The summed E-state index contributed by atoms with van der Waals surface area (Å²) in [4.78, 5) is 24.4. The Kier molecular flexibility index (Phi) is 5.48. The zero-order valence-corrected chi connectivity index (χ0v) is 16.0. The summed E-state index contributed by atoms with van der Waals surface area (Å²) in [5, 5.41) is 20.4. The predicted molar refractivity (Wildman–Crippen MR) is 104 cm³/mol. The van der Waals surface area contributed by atoms with Gasteiger partial charge in [-0.15, -0.1) is 0 Å². The monoisotopic (exact) mass is 370 g/mol. The largest absolute Gasteiger partial charge is 0.507 e. The molecule has 0 radical (unpaired) electrons. The zero-order valence-electron chi connectivity index (χ0n) is 16.0. The van der Waals surface area contributed by atoms with Crippen LogP contribution in [-0.4, -0.2) is 33.4 Å². The van der Waals surface area contributed by atoms with Crippen LogP contribution in [0, 0.1) is 5.92 Å². The van der Waals surface area contributed by atoms with Gasteiger partial charge in [-0.3, -0.25) is 4.79 Å². The van der Waals surface area contributed by atoms with Crippen LogP contribution < -0.4 is 10.6 Å². The molecule has 3 N–H and O–H groups in total. The van der Waals surface area contributed by atoms with Crippen molar-refractivity contribution in [2.45, 2.75) is 46.0 Å². The Hall–Kier alpha value is -2.83. The molecule has 1 aliphatic carbocycles. The quantitative estimate of drug-likeness (QED) is 0.676. The highest BCUT2D eigenvalue weighted by molar-refractivity contribution is 5.93. The molecule has 0 unspecified atom stereocenters. The molecule has 0 atom stereocenters. The number of hydrogen-bond donors (Lipinski definition) is 3. The van der Waals surface area contributed by atoms with Gasteiger partial charge in [0.05, 0.1) is 11.4 Å². The molecule has 0 bridgehead atoms. The summed E-state index contributed by atoms with van der Waals surface area (Å²) >= 11 is 0. The van der Waals surface area contributed by atoms with Crippen molar-refractivity contribution in [2.75, 3.05) is 11.9 Å². The predicted octanol–water partition coefficient (Wildman–Crippen LogP) is 3.70. The molecule has 144 valence electrons. The van der Waals surface area contributed by atoms with Gasteiger partial charge in [0.1, 0.15) is 5.75 Å². The van der Waals surface area contributed by atoms with E-state index in [0.29, 0.717) is 29.4 Å². The van der Waals surface area contributed by atoms with E-state index < -0.39 is 0 Å². The van der Waals surface area contributed by atoms with Gasteiger partial charge in [-0.2, -0.15) is 9.78 Å². The summed E-state index contributed by atoms with van der Waals surface area (Å²) in [6.07, 6.45) is 2.91. The minimum Gasteiger partial charge on any atom is -0.507 e. The number of hydrogen-bond acceptors (Lipinski definition) is 4. The number of phenolic OH excluding ortho intramolecular Hbond substituents is 1. The Balaban J connectivity index is 1.93. The van der Waals surface area contributed by atoms with Gasteiger partial charge < -0.3 is 15.7 Å². The molecule has 1 aliphatic rings. The fourth-order valence-corrected chi connectivity index (χ4v) is 2.77. The highest BCUT2D eigenvalue weighted by Crippen LogP contribution is 2.42. The van der Waals surface area contributed by atoms with Crippen LogP contribution in [0.3, 0.4) is 0 Å². The van der Waals surface area contributed by atoms with Crippen molar-refractivity contribution in [3.05, 3.63) is 30.0 Å². The third-order valence-electron chi connectivity index (χ3n) is 4.52. The maximum atomic E-state index is 12.4. The second-order valence-corrected chi connectivity index (χ2v) is 7.25. The lowest BCUT2D eigenvalue weighted by molar-refractivity contribution is -0.118. The number of amides is 2. The van der Waals surface area contributed by atoms with Crippen LogP contribution in [0.25, 0.3) is 11.3 Å². The van der Waals surface area contributed by atoms with Crippen molar-refractivity contribution in [3.63, 3.8) is 0 Å². The molecular weight excluding hydrogens is 344 g/mol. The molecule has 7 nitrogen and oxygen atoms in total. The van der Waals surface area contributed by atoms with E-state index in [1.165, 1.54) is 10.7 Å². The molecule has 0 aliphatic heterocycles. The number of carbonyl (C=O) groups excluding carboxylic acids is 2. The highest BCUT2D eigenvalue weighted by Gasteiger charge is 2.30. The molecular formula is C20H26N4O3. The van der Waals surface area contributed by atoms with Crippen LogP contribution in [-0.2, 0) is 4.79 Å². The molecule has 1 saturated carbocycles. The van der Waals surface area contributed by atoms with Gasteiger partial charge in [0.15, 0.2) is 0 Å². The molecule has 2 amide bonds. The van der Waals surface area contributed by atoms with E-state index in [4.69, 9.17) is 0 Å². The van der Waals surface area contributed by atoms with Gasteiger partial charge in [0, 0.05) is 29.6 Å². The Morgan fingerprint density at radius 3 is 2.67 bits per heavy atom. The van der Waals surface area contributed by atoms with E-state index in [-0.39, 0.29) is 23.6 Å². The lowest BCUT2D eigenvalue weighted by Crippen LogP contribution is -2.31. The summed E-state index contributed by atoms with van der Waals surface area (Å²) in [5.41, 5.74) is 2.44. The summed E-state index contributed by atoms with van der Waals surface area (Å²) in [6.45, 7) is 6.20. The Morgan fingerprint density at radius 2 is 2.04 bits per heavy atom. The summed E-state index contributed by atoms with van der Waals surface area (Å²) in [5.74, 6) is 0.128. The van der Waals surface area contributed by atoms with Gasteiger partial charge in [0.2, 0.25) is 5.91 Å². The number of anilines is 1. The van der Waals surface area contributed by atoms with Crippen LogP contribution in [0.5, 0.6) is 5.75 Å². The number of nitrogens with one attached hydrogen (secondary N) is 2. The second kappa shape index (κ2) is 7.82. The number of aromatic hydroxyl groups is 1. The first-order valence-corrected chi connectivity index (χ1v) is 9.43. The molecule has 27 heavy (non-hydrogen) atoms. The summed E-state index contributed by atoms with van der Waals surface area (Å²) in [7, 11) is 0. The SMILES string of the molecule is CCCNC(=O)n1nc(-c2cc(NC(=O)C(C)C)ccc2O)cc1C1CC1. The molecule has 7 heteroatoms. The Bertz CT molecular complexity index is 853. The van der Waals surface area contributed by atoms with Crippen LogP contribution in [0.15, 0.2) is 24.3 Å². The van der Waals surface area contributed by atoms with E-state index in [9.17, 15) is 14.7 Å². The van der Waals surface area contributed by atoms with Gasteiger partial charge >= 0.3 is 6.03 Å².